The lowest BCUT2D eigenvalue weighted by Crippen LogP contribution is -2.38. The molecule has 26 heavy (non-hydrogen) atoms. The van der Waals surface area contributed by atoms with Crippen molar-refractivity contribution < 1.29 is 9.13 Å². The molecule has 2 aromatic rings. The van der Waals surface area contributed by atoms with Crippen LogP contribution < -0.4 is 10.6 Å². The highest BCUT2D eigenvalue weighted by molar-refractivity contribution is 5.79. The summed E-state index contributed by atoms with van der Waals surface area (Å²) in [5.74, 6) is 2.09. The molecule has 0 saturated carbocycles. The molecule has 0 amide bonds. The Morgan fingerprint density at radius 2 is 2.08 bits per heavy atom. The van der Waals surface area contributed by atoms with Crippen molar-refractivity contribution in [1.82, 2.24) is 25.4 Å². The first-order valence-electron chi connectivity index (χ1n) is 8.62. The number of aromatic nitrogens is 3. The molecule has 0 aliphatic heterocycles. The second-order valence-electron chi connectivity index (χ2n) is 6.10. The molecule has 1 aromatic carbocycles. The van der Waals surface area contributed by atoms with Crippen LogP contribution in [0.3, 0.4) is 0 Å². The number of guanidine groups is 1. The van der Waals surface area contributed by atoms with E-state index in [0.717, 1.165) is 30.2 Å². The van der Waals surface area contributed by atoms with Crippen molar-refractivity contribution in [2.75, 3.05) is 20.3 Å². The van der Waals surface area contributed by atoms with E-state index in [9.17, 15) is 4.39 Å². The molecule has 0 fully saturated rings. The zero-order valence-electron chi connectivity index (χ0n) is 15.8. The smallest absolute Gasteiger partial charge is 0.191 e. The number of benzene rings is 1. The van der Waals surface area contributed by atoms with Crippen molar-refractivity contribution in [3.05, 3.63) is 46.8 Å². The van der Waals surface area contributed by atoms with Gasteiger partial charge in [-0.25, -0.2) is 9.38 Å². The molecule has 0 aliphatic rings. The minimum atomic E-state index is -0.213. The summed E-state index contributed by atoms with van der Waals surface area (Å²) in [7, 11) is 3.60. The van der Waals surface area contributed by atoms with Crippen LogP contribution in [-0.4, -0.2) is 41.0 Å². The van der Waals surface area contributed by atoms with Crippen molar-refractivity contribution in [3.8, 4) is 0 Å². The minimum absolute atomic E-state index is 0.213. The lowest BCUT2D eigenvalue weighted by Gasteiger charge is -2.12. The number of hydrogen-bond donors (Lipinski definition) is 2. The summed E-state index contributed by atoms with van der Waals surface area (Å²) in [5, 5.41) is 14.7. The van der Waals surface area contributed by atoms with E-state index in [1.165, 1.54) is 6.07 Å². The molecule has 1 heterocycles. The van der Waals surface area contributed by atoms with Gasteiger partial charge < -0.3 is 19.9 Å². The number of hydrogen-bond acceptors (Lipinski definition) is 4. The van der Waals surface area contributed by atoms with Crippen LogP contribution in [0.5, 0.6) is 0 Å². The van der Waals surface area contributed by atoms with Gasteiger partial charge in [-0.3, -0.25) is 0 Å². The van der Waals surface area contributed by atoms with Gasteiger partial charge in [0.15, 0.2) is 11.8 Å². The highest BCUT2D eigenvalue weighted by atomic mass is 19.1. The van der Waals surface area contributed by atoms with E-state index in [4.69, 9.17) is 4.74 Å². The van der Waals surface area contributed by atoms with Crippen LogP contribution in [0.25, 0.3) is 0 Å². The lowest BCUT2D eigenvalue weighted by molar-refractivity contribution is 0.195. The molecule has 8 heteroatoms. The molecule has 2 N–H and O–H groups in total. The number of halogens is 1. The van der Waals surface area contributed by atoms with Gasteiger partial charge in [0.1, 0.15) is 11.6 Å². The topological polar surface area (TPSA) is 76.4 Å². The predicted octanol–water partition coefficient (Wildman–Crippen LogP) is 1.84. The molecule has 0 saturated heterocycles. The van der Waals surface area contributed by atoms with E-state index in [1.807, 2.05) is 24.6 Å². The number of rotatable bonds is 8. The largest absolute Gasteiger partial charge is 0.385 e. The zero-order valence-corrected chi connectivity index (χ0v) is 15.8. The van der Waals surface area contributed by atoms with Crippen molar-refractivity contribution in [2.24, 2.45) is 12.0 Å². The zero-order chi connectivity index (χ0) is 18.9. The molecule has 0 atom stereocenters. The van der Waals surface area contributed by atoms with Gasteiger partial charge in [0.2, 0.25) is 0 Å². The fourth-order valence-corrected chi connectivity index (χ4v) is 2.27. The maximum absolute atomic E-state index is 13.7. The van der Waals surface area contributed by atoms with Gasteiger partial charge in [-0.05, 0) is 37.5 Å². The van der Waals surface area contributed by atoms with Crippen LogP contribution in [0.4, 0.5) is 4.39 Å². The normalized spacial score (nSPS) is 11.7. The maximum atomic E-state index is 13.7. The molecule has 142 valence electrons. The van der Waals surface area contributed by atoms with Crippen LogP contribution >= 0.6 is 0 Å². The van der Waals surface area contributed by atoms with Crippen LogP contribution in [0.2, 0.25) is 0 Å². The summed E-state index contributed by atoms with van der Waals surface area (Å²) in [6.07, 6.45) is 0.861. The highest BCUT2D eigenvalue weighted by Gasteiger charge is 2.06. The molecular weight excluding hydrogens is 335 g/mol. The predicted molar refractivity (Wildman–Crippen MR) is 99.4 cm³/mol. The second-order valence-corrected chi connectivity index (χ2v) is 6.10. The quantitative estimate of drug-likeness (QED) is 0.426. The van der Waals surface area contributed by atoms with Crippen LogP contribution in [-0.2, 0) is 24.9 Å². The fourth-order valence-electron chi connectivity index (χ4n) is 2.27. The number of ether oxygens (including phenoxy) is 1. The highest BCUT2D eigenvalue weighted by Crippen LogP contribution is 2.10. The molecule has 0 aliphatic carbocycles. The van der Waals surface area contributed by atoms with Gasteiger partial charge in [-0.1, -0.05) is 12.1 Å². The van der Waals surface area contributed by atoms with Crippen LogP contribution in [0.15, 0.2) is 23.2 Å². The van der Waals surface area contributed by atoms with Crippen molar-refractivity contribution in [2.45, 2.75) is 33.4 Å². The lowest BCUT2D eigenvalue weighted by atomic mass is 10.1. The second kappa shape index (κ2) is 9.86. The molecule has 7 nitrogen and oxygen atoms in total. The van der Waals surface area contributed by atoms with Crippen LogP contribution in [0, 0.1) is 19.7 Å². The van der Waals surface area contributed by atoms with Gasteiger partial charge >= 0.3 is 0 Å². The van der Waals surface area contributed by atoms with E-state index >= 15 is 0 Å². The van der Waals surface area contributed by atoms with E-state index in [1.54, 1.807) is 20.1 Å². The Balaban J connectivity index is 2.01. The Morgan fingerprint density at radius 1 is 1.27 bits per heavy atom. The Hall–Kier alpha value is -2.48. The molecule has 2 rings (SSSR count). The summed E-state index contributed by atoms with van der Waals surface area (Å²) in [5.41, 5.74) is 1.45. The number of aliphatic imine (C=N–C) groups is 1. The number of aryl methyl sites for hydroxylation is 2. The van der Waals surface area contributed by atoms with Gasteiger partial charge in [-0.2, -0.15) is 0 Å². The summed E-state index contributed by atoms with van der Waals surface area (Å²) in [4.78, 5) is 4.54. The molecule has 0 spiro atoms. The minimum Gasteiger partial charge on any atom is -0.385 e. The van der Waals surface area contributed by atoms with E-state index in [2.05, 4.69) is 25.8 Å². The average Bonchev–Trinajstić information content (AvgIpc) is 2.95. The Kier molecular flexibility index (Phi) is 7.53. The monoisotopic (exact) mass is 362 g/mol. The third-order valence-electron chi connectivity index (χ3n) is 4.07. The summed E-state index contributed by atoms with van der Waals surface area (Å²) in [6.45, 7) is 5.92. The summed E-state index contributed by atoms with van der Waals surface area (Å²) >= 11 is 0. The van der Waals surface area contributed by atoms with Gasteiger partial charge in [0.25, 0.3) is 0 Å². The van der Waals surface area contributed by atoms with Crippen molar-refractivity contribution >= 4 is 5.96 Å². The average molecular weight is 362 g/mol. The van der Waals surface area contributed by atoms with E-state index in [-0.39, 0.29) is 5.82 Å². The summed E-state index contributed by atoms with van der Waals surface area (Å²) < 4.78 is 20.7. The van der Waals surface area contributed by atoms with Gasteiger partial charge in [-0.15, -0.1) is 10.2 Å². The third kappa shape index (κ3) is 5.80. The SMILES string of the molecule is COCCCNC(=NCc1ccc(C)c(F)c1)NCc1nnc(C)n1C. The molecule has 1 aromatic heterocycles. The van der Waals surface area contributed by atoms with Crippen LogP contribution in [0.1, 0.15) is 29.2 Å². The van der Waals surface area contributed by atoms with Gasteiger partial charge in [0.05, 0.1) is 13.1 Å². The maximum Gasteiger partial charge on any atom is 0.191 e. The molecular formula is C18H27FN6O. The Bertz CT molecular complexity index is 743. The third-order valence-corrected chi connectivity index (χ3v) is 4.07. The van der Waals surface area contributed by atoms with Crippen molar-refractivity contribution in [1.29, 1.82) is 0 Å². The van der Waals surface area contributed by atoms with E-state index < -0.39 is 0 Å². The van der Waals surface area contributed by atoms with Gasteiger partial charge in [0, 0.05) is 27.3 Å². The fraction of sp³-hybridized carbons (Fsp3) is 0.500. The van der Waals surface area contributed by atoms with Crippen molar-refractivity contribution in [3.63, 3.8) is 0 Å². The first-order valence-corrected chi connectivity index (χ1v) is 8.62. The molecule has 0 unspecified atom stereocenters. The number of nitrogens with zero attached hydrogens (tertiary/aromatic N) is 4. The first kappa shape index (κ1) is 19.8. The Morgan fingerprint density at radius 3 is 2.73 bits per heavy atom. The number of methoxy groups -OCH3 is 1. The Labute approximate surface area is 153 Å². The van der Waals surface area contributed by atoms with E-state index in [0.29, 0.717) is 31.2 Å². The summed E-state index contributed by atoms with van der Waals surface area (Å²) in [6, 6.07) is 5.17. The first-order chi connectivity index (χ1) is 12.5. The standard InChI is InChI=1S/C18H27FN6O/c1-13-6-7-15(10-16(13)19)11-21-18(20-8-5-9-26-4)22-12-17-24-23-14(2)25(17)3/h6-7,10H,5,8-9,11-12H2,1-4H3,(H2,20,21,22). The number of nitrogens with one attached hydrogen (secondary N) is 2. The molecule has 0 radical (unpaired) electrons. The molecule has 0 bridgehead atoms.